The van der Waals surface area contributed by atoms with Crippen molar-refractivity contribution in [1.29, 1.82) is 5.26 Å². The number of ketones is 1. The van der Waals surface area contributed by atoms with E-state index in [2.05, 4.69) is 6.92 Å². The van der Waals surface area contributed by atoms with Gasteiger partial charge >= 0.3 is 0 Å². The number of hydrogen-bond acceptors (Lipinski definition) is 5. The van der Waals surface area contributed by atoms with Gasteiger partial charge in [-0.05, 0) is 37.1 Å². The van der Waals surface area contributed by atoms with Gasteiger partial charge in [-0.25, -0.2) is 0 Å². The molecule has 28 heavy (non-hydrogen) atoms. The SMILES string of the molecule is CCCCCCn1c(O)c(C(=O)c2ccc(OC)c(Cl)c2)c(C)c(C#N)c1=O. The molecule has 1 aromatic heterocycles. The summed E-state index contributed by atoms with van der Waals surface area (Å²) in [6, 6.07) is 6.37. The van der Waals surface area contributed by atoms with Crippen LogP contribution in [0.15, 0.2) is 23.0 Å². The van der Waals surface area contributed by atoms with Gasteiger partial charge in [-0.3, -0.25) is 14.2 Å². The van der Waals surface area contributed by atoms with Crippen LogP contribution in [0.3, 0.4) is 0 Å². The zero-order chi connectivity index (χ0) is 20.8. The normalized spacial score (nSPS) is 10.5. The van der Waals surface area contributed by atoms with E-state index in [0.717, 1.165) is 23.8 Å². The first-order valence-electron chi connectivity index (χ1n) is 9.12. The van der Waals surface area contributed by atoms with E-state index >= 15 is 0 Å². The van der Waals surface area contributed by atoms with Gasteiger partial charge in [0.25, 0.3) is 5.56 Å². The van der Waals surface area contributed by atoms with Crippen LogP contribution in [0.1, 0.15) is 59.7 Å². The zero-order valence-electron chi connectivity index (χ0n) is 16.2. The highest BCUT2D eigenvalue weighted by molar-refractivity contribution is 6.32. The average Bonchev–Trinajstić information content (AvgIpc) is 2.67. The lowest BCUT2D eigenvalue weighted by molar-refractivity contribution is 0.103. The van der Waals surface area contributed by atoms with Crippen molar-refractivity contribution < 1.29 is 14.6 Å². The fraction of sp³-hybridized carbons (Fsp3) is 0.381. The molecular formula is C21H23ClN2O4. The van der Waals surface area contributed by atoms with Gasteiger partial charge in [0.05, 0.1) is 17.7 Å². The van der Waals surface area contributed by atoms with E-state index in [0.29, 0.717) is 12.2 Å². The molecule has 0 aliphatic rings. The smallest absolute Gasteiger partial charge is 0.271 e. The van der Waals surface area contributed by atoms with E-state index in [1.54, 1.807) is 6.07 Å². The number of pyridine rings is 1. The molecule has 1 aromatic carbocycles. The molecule has 2 aromatic rings. The van der Waals surface area contributed by atoms with Crippen LogP contribution in [0.4, 0.5) is 0 Å². The summed E-state index contributed by atoms with van der Waals surface area (Å²) in [6.45, 7) is 3.79. The first kappa shape index (κ1) is 21.5. The van der Waals surface area contributed by atoms with Crippen molar-refractivity contribution in [2.75, 3.05) is 7.11 Å². The molecule has 2 rings (SSSR count). The van der Waals surface area contributed by atoms with Crippen molar-refractivity contribution in [3.05, 3.63) is 55.8 Å². The second-order valence-corrected chi connectivity index (χ2v) is 6.91. The molecule has 1 N–H and O–H groups in total. The van der Waals surface area contributed by atoms with E-state index in [9.17, 15) is 20.0 Å². The molecule has 148 valence electrons. The summed E-state index contributed by atoms with van der Waals surface area (Å²) in [5.74, 6) is -0.522. The van der Waals surface area contributed by atoms with Crippen LogP contribution in [-0.4, -0.2) is 22.6 Å². The zero-order valence-corrected chi connectivity index (χ0v) is 17.0. The minimum atomic E-state index is -0.585. The van der Waals surface area contributed by atoms with Gasteiger partial charge in [0.15, 0.2) is 5.78 Å². The topological polar surface area (TPSA) is 92.3 Å². The highest BCUT2D eigenvalue weighted by Crippen LogP contribution is 2.29. The molecule has 0 saturated heterocycles. The van der Waals surface area contributed by atoms with Crippen molar-refractivity contribution in [2.45, 2.75) is 46.1 Å². The number of carbonyl (C=O) groups excluding carboxylic acids is 1. The predicted octanol–water partition coefficient (Wildman–Crippen LogP) is 4.21. The minimum Gasteiger partial charge on any atom is -0.495 e. The Bertz CT molecular complexity index is 989. The number of unbranched alkanes of at least 4 members (excludes halogenated alkanes) is 3. The Hall–Kier alpha value is -2.78. The standard InChI is InChI=1S/C21H23ClN2O4/c1-4-5-6-7-10-24-20(26)15(12-23)13(2)18(21(24)27)19(25)14-8-9-17(28-3)16(22)11-14/h8-9,11,27H,4-7,10H2,1-3H3. The highest BCUT2D eigenvalue weighted by atomic mass is 35.5. The van der Waals surface area contributed by atoms with Gasteiger partial charge in [0.1, 0.15) is 17.4 Å². The summed E-state index contributed by atoms with van der Waals surface area (Å²) >= 11 is 6.11. The van der Waals surface area contributed by atoms with Crippen LogP contribution >= 0.6 is 11.6 Å². The maximum Gasteiger partial charge on any atom is 0.271 e. The largest absolute Gasteiger partial charge is 0.495 e. The van der Waals surface area contributed by atoms with Gasteiger partial charge in [0.2, 0.25) is 5.88 Å². The number of nitriles is 1. The van der Waals surface area contributed by atoms with Crippen molar-refractivity contribution >= 4 is 17.4 Å². The molecule has 0 atom stereocenters. The quantitative estimate of drug-likeness (QED) is 0.527. The van der Waals surface area contributed by atoms with Crippen LogP contribution in [0.2, 0.25) is 5.02 Å². The molecule has 0 aliphatic heterocycles. The van der Waals surface area contributed by atoms with Crippen LogP contribution in [0, 0.1) is 18.3 Å². The summed E-state index contributed by atoms with van der Waals surface area (Å²) in [7, 11) is 1.46. The van der Waals surface area contributed by atoms with E-state index in [1.807, 2.05) is 6.07 Å². The first-order valence-corrected chi connectivity index (χ1v) is 9.49. The third-order valence-electron chi connectivity index (χ3n) is 4.68. The number of methoxy groups -OCH3 is 1. The van der Waals surface area contributed by atoms with Crippen LogP contribution < -0.4 is 10.3 Å². The Morgan fingerprint density at radius 2 is 2.04 bits per heavy atom. The lowest BCUT2D eigenvalue weighted by Crippen LogP contribution is -2.27. The summed E-state index contributed by atoms with van der Waals surface area (Å²) in [4.78, 5) is 25.6. The summed E-state index contributed by atoms with van der Waals surface area (Å²) in [5.41, 5.74) is -0.404. The van der Waals surface area contributed by atoms with Crippen molar-refractivity contribution in [3.8, 4) is 17.7 Å². The molecule has 0 fully saturated rings. The molecule has 1 heterocycles. The number of ether oxygens (including phenoxy) is 1. The maximum absolute atomic E-state index is 13.1. The average molecular weight is 403 g/mol. The van der Waals surface area contributed by atoms with Gasteiger partial charge in [-0.2, -0.15) is 5.26 Å². The van der Waals surface area contributed by atoms with Gasteiger partial charge < -0.3 is 9.84 Å². The Labute approximate surface area is 168 Å². The molecule has 0 aliphatic carbocycles. The second-order valence-electron chi connectivity index (χ2n) is 6.51. The van der Waals surface area contributed by atoms with Crippen LogP contribution in [0.25, 0.3) is 0 Å². The van der Waals surface area contributed by atoms with Gasteiger partial charge in [0, 0.05) is 12.1 Å². The first-order chi connectivity index (χ1) is 13.4. The van der Waals surface area contributed by atoms with Crippen molar-refractivity contribution in [1.82, 2.24) is 4.57 Å². The summed E-state index contributed by atoms with van der Waals surface area (Å²) in [5, 5.41) is 20.4. The van der Waals surface area contributed by atoms with E-state index in [4.69, 9.17) is 16.3 Å². The van der Waals surface area contributed by atoms with Gasteiger partial charge in [-0.15, -0.1) is 0 Å². The summed E-state index contributed by atoms with van der Waals surface area (Å²) < 4.78 is 6.20. The monoisotopic (exact) mass is 402 g/mol. The fourth-order valence-electron chi connectivity index (χ4n) is 3.08. The predicted molar refractivity (Wildman–Crippen MR) is 107 cm³/mol. The Balaban J connectivity index is 2.56. The number of rotatable bonds is 8. The Kier molecular flexibility index (Phi) is 7.24. The van der Waals surface area contributed by atoms with Crippen LogP contribution in [-0.2, 0) is 6.54 Å². The number of nitrogens with zero attached hydrogens (tertiary/aromatic N) is 2. The number of benzene rings is 1. The molecule has 7 heteroatoms. The lowest BCUT2D eigenvalue weighted by atomic mass is 9.97. The molecule has 0 amide bonds. The minimum absolute atomic E-state index is 0.0622. The Morgan fingerprint density at radius 1 is 1.32 bits per heavy atom. The molecule has 0 bridgehead atoms. The molecule has 0 spiro atoms. The third-order valence-corrected chi connectivity index (χ3v) is 4.97. The summed E-state index contributed by atoms with van der Waals surface area (Å²) in [6.07, 6.45) is 3.58. The number of aromatic nitrogens is 1. The Morgan fingerprint density at radius 3 is 2.61 bits per heavy atom. The molecule has 0 radical (unpaired) electrons. The van der Waals surface area contributed by atoms with Crippen molar-refractivity contribution in [3.63, 3.8) is 0 Å². The number of halogens is 1. The molecule has 6 nitrogen and oxygen atoms in total. The van der Waals surface area contributed by atoms with E-state index < -0.39 is 17.2 Å². The fourth-order valence-corrected chi connectivity index (χ4v) is 3.34. The number of aromatic hydroxyl groups is 1. The third kappa shape index (κ3) is 4.20. The highest BCUT2D eigenvalue weighted by Gasteiger charge is 2.25. The lowest BCUT2D eigenvalue weighted by Gasteiger charge is -2.16. The van der Waals surface area contributed by atoms with Gasteiger partial charge in [-0.1, -0.05) is 37.8 Å². The second kappa shape index (κ2) is 9.43. The molecule has 0 unspecified atom stereocenters. The number of carbonyl (C=O) groups is 1. The number of hydrogen-bond donors (Lipinski definition) is 1. The van der Waals surface area contributed by atoms with Crippen LogP contribution in [0.5, 0.6) is 11.6 Å². The van der Waals surface area contributed by atoms with Crippen molar-refractivity contribution in [2.24, 2.45) is 0 Å². The van der Waals surface area contributed by atoms with E-state index in [-0.39, 0.29) is 33.8 Å². The maximum atomic E-state index is 13.1. The van der Waals surface area contributed by atoms with E-state index in [1.165, 1.54) is 26.2 Å². The molecule has 0 saturated carbocycles. The molecular weight excluding hydrogens is 380 g/mol.